The van der Waals surface area contributed by atoms with Gasteiger partial charge < -0.3 is 9.47 Å². The van der Waals surface area contributed by atoms with Gasteiger partial charge in [-0.05, 0) is 29.6 Å². The Labute approximate surface area is 158 Å². The number of esters is 1. The Bertz CT molecular complexity index is 912. The van der Waals surface area contributed by atoms with Crippen LogP contribution >= 0.6 is 27.3 Å². The second-order valence-corrected chi connectivity index (χ2v) is 8.10. The number of halogens is 1. The van der Waals surface area contributed by atoms with Gasteiger partial charge in [-0.1, -0.05) is 33.8 Å². The van der Waals surface area contributed by atoms with E-state index in [4.69, 9.17) is 4.74 Å². The molecule has 132 valence electrons. The van der Waals surface area contributed by atoms with Gasteiger partial charge in [0.05, 0.1) is 13.7 Å². The average Bonchev–Trinajstić information content (AvgIpc) is 3.08. The summed E-state index contributed by atoms with van der Waals surface area (Å²) in [6, 6.07) is 8.65. The zero-order chi connectivity index (χ0) is 18.3. The molecule has 0 fully saturated rings. The number of methoxy groups -OCH3 is 1. The van der Waals surface area contributed by atoms with Gasteiger partial charge in [-0.3, -0.25) is 0 Å². The van der Waals surface area contributed by atoms with E-state index >= 15 is 0 Å². The predicted octanol–water partition coefficient (Wildman–Crippen LogP) is 2.66. The molecule has 1 heterocycles. The van der Waals surface area contributed by atoms with Gasteiger partial charge in [0.2, 0.25) is 10.0 Å². The topological polar surface area (TPSA) is 81.7 Å². The molecule has 0 radical (unpaired) electrons. The third-order valence-electron chi connectivity index (χ3n) is 2.87. The third kappa shape index (κ3) is 5.57. The summed E-state index contributed by atoms with van der Waals surface area (Å²) in [6.07, 6.45) is 0. The molecule has 0 aliphatic heterocycles. The van der Waals surface area contributed by atoms with E-state index in [0.29, 0.717) is 5.75 Å². The van der Waals surface area contributed by atoms with E-state index in [2.05, 4.69) is 37.2 Å². The van der Waals surface area contributed by atoms with Crippen LogP contribution < -0.4 is 9.46 Å². The molecule has 0 aliphatic carbocycles. The highest BCUT2D eigenvalue weighted by atomic mass is 79.9. The van der Waals surface area contributed by atoms with Crippen LogP contribution in [0.1, 0.15) is 9.67 Å². The Kier molecular flexibility index (Phi) is 7.01. The molecule has 6 nitrogen and oxygen atoms in total. The first-order chi connectivity index (χ1) is 11.9. The molecule has 9 heteroatoms. The van der Waals surface area contributed by atoms with Gasteiger partial charge in [0.1, 0.15) is 22.1 Å². The molecule has 1 aromatic heterocycles. The van der Waals surface area contributed by atoms with Gasteiger partial charge in [0.25, 0.3) is 0 Å². The molecule has 0 saturated heterocycles. The van der Waals surface area contributed by atoms with Crippen molar-refractivity contribution in [3.63, 3.8) is 0 Å². The van der Waals surface area contributed by atoms with Crippen molar-refractivity contribution in [2.75, 3.05) is 20.3 Å². The van der Waals surface area contributed by atoms with Crippen molar-refractivity contribution in [2.24, 2.45) is 0 Å². The molecule has 0 saturated carbocycles. The zero-order valence-electron chi connectivity index (χ0n) is 13.1. The van der Waals surface area contributed by atoms with Crippen molar-refractivity contribution < 1.29 is 22.7 Å². The van der Waals surface area contributed by atoms with Crippen LogP contribution in [-0.2, 0) is 14.8 Å². The molecule has 2 aromatic rings. The summed E-state index contributed by atoms with van der Waals surface area (Å²) in [6.45, 7) is 0.0324. The van der Waals surface area contributed by atoms with Crippen molar-refractivity contribution in [2.45, 2.75) is 4.90 Å². The van der Waals surface area contributed by atoms with E-state index in [1.165, 1.54) is 18.6 Å². The molecule has 0 unspecified atom stereocenters. The van der Waals surface area contributed by atoms with Crippen LogP contribution in [0.15, 0.2) is 45.1 Å². The highest BCUT2D eigenvalue weighted by Crippen LogP contribution is 2.22. The molecule has 0 aliphatic rings. The molecule has 0 atom stereocenters. The maximum absolute atomic E-state index is 12.2. The molecule has 0 bridgehead atoms. The minimum atomic E-state index is -3.84. The largest absolute Gasteiger partial charge is 0.481 e. The van der Waals surface area contributed by atoms with Crippen molar-refractivity contribution in [3.05, 3.63) is 45.1 Å². The lowest BCUT2D eigenvalue weighted by atomic mass is 10.3. The average molecular weight is 444 g/mol. The minimum Gasteiger partial charge on any atom is -0.481 e. The third-order valence-corrected chi connectivity index (χ3v) is 5.83. The Morgan fingerprint density at radius 3 is 2.84 bits per heavy atom. The lowest BCUT2D eigenvalue weighted by Gasteiger charge is -2.04. The summed E-state index contributed by atoms with van der Waals surface area (Å²) < 4.78 is 37.6. The summed E-state index contributed by atoms with van der Waals surface area (Å²) in [5.41, 5.74) is 0. The maximum atomic E-state index is 12.2. The number of hydrogen-bond donors (Lipinski definition) is 1. The smallest absolute Gasteiger partial charge is 0.349 e. The van der Waals surface area contributed by atoms with Crippen LogP contribution in [0.4, 0.5) is 0 Å². The Morgan fingerprint density at radius 1 is 1.32 bits per heavy atom. The fraction of sp³-hybridized carbons (Fsp3) is 0.188. The molecule has 1 N–H and O–H groups in total. The quantitative estimate of drug-likeness (QED) is 0.548. The molecular formula is C16H14BrNO5S2. The first-order valence-corrected chi connectivity index (χ1v) is 10.1. The van der Waals surface area contributed by atoms with Gasteiger partial charge in [0, 0.05) is 4.47 Å². The van der Waals surface area contributed by atoms with Crippen molar-refractivity contribution >= 4 is 43.3 Å². The number of ether oxygens (including phenoxy) is 2. The Morgan fingerprint density at radius 2 is 2.12 bits per heavy atom. The molecule has 0 amide bonds. The van der Waals surface area contributed by atoms with E-state index < -0.39 is 16.0 Å². The zero-order valence-corrected chi connectivity index (χ0v) is 16.3. The van der Waals surface area contributed by atoms with Crippen LogP contribution in [0.2, 0.25) is 0 Å². The van der Waals surface area contributed by atoms with Crippen LogP contribution in [0.5, 0.6) is 5.75 Å². The highest BCUT2D eigenvalue weighted by Gasteiger charge is 2.23. The number of rotatable bonds is 6. The maximum Gasteiger partial charge on any atom is 0.349 e. The second-order valence-electron chi connectivity index (χ2n) is 4.53. The lowest BCUT2D eigenvalue weighted by molar-refractivity contribution is 0.0602. The number of nitrogens with one attached hydrogen (secondary N) is 1. The van der Waals surface area contributed by atoms with Gasteiger partial charge in [-0.15, -0.1) is 11.3 Å². The number of carbonyl (C=O) groups is 1. The SMILES string of the molecule is COC(=O)c1sccc1S(=O)(=O)NCC#CCOc1cccc(Br)c1. The summed E-state index contributed by atoms with van der Waals surface area (Å²) >= 11 is 4.33. The number of hydrogen-bond acceptors (Lipinski definition) is 6. The monoisotopic (exact) mass is 443 g/mol. The van der Waals surface area contributed by atoms with Crippen molar-refractivity contribution in [1.29, 1.82) is 0 Å². The number of thiophene rings is 1. The van der Waals surface area contributed by atoms with Crippen LogP contribution in [-0.4, -0.2) is 34.6 Å². The summed E-state index contributed by atoms with van der Waals surface area (Å²) in [4.78, 5) is 11.5. The first kappa shape index (κ1) is 19.5. The van der Waals surface area contributed by atoms with Crippen LogP contribution in [0.25, 0.3) is 0 Å². The Hall–Kier alpha value is -1.86. The molecule has 0 spiro atoms. The van der Waals surface area contributed by atoms with E-state index in [1.54, 1.807) is 12.1 Å². The fourth-order valence-corrected chi connectivity index (χ4v) is 4.38. The predicted molar refractivity (Wildman–Crippen MR) is 98.3 cm³/mol. The number of sulfonamides is 1. The van der Waals surface area contributed by atoms with Crippen LogP contribution in [0, 0.1) is 11.8 Å². The van der Waals surface area contributed by atoms with E-state index in [9.17, 15) is 13.2 Å². The summed E-state index contributed by atoms with van der Waals surface area (Å²) in [7, 11) is -2.64. The molecule has 25 heavy (non-hydrogen) atoms. The lowest BCUT2D eigenvalue weighted by Crippen LogP contribution is -2.25. The molecule has 1 aromatic carbocycles. The van der Waals surface area contributed by atoms with E-state index in [0.717, 1.165) is 15.8 Å². The van der Waals surface area contributed by atoms with Gasteiger partial charge in [-0.25, -0.2) is 13.2 Å². The van der Waals surface area contributed by atoms with E-state index in [1.807, 2.05) is 12.1 Å². The first-order valence-electron chi connectivity index (χ1n) is 6.93. The van der Waals surface area contributed by atoms with E-state index in [-0.39, 0.29) is 22.9 Å². The minimum absolute atomic E-state index is 0.0287. The molecular weight excluding hydrogens is 430 g/mol. The molecule has 2 rings (SSSR count). The summed E-state index contributed by atoms with van der Waals surface area (Å²) in [5.74, 6) is 5.34. The van der Waals surface area contributed by atoms with Gasteiger partial charge in [0.15, 0.2) is 0 Å². The van der Waals surface area contributed by atoms with Crippen LogP contribution in [0.3, 0.4) is 0 Å². The standard InChI is InChI=1S/C16H14BrNO5S2/c1-22-16(19)15-14(7-10-24-15)25(20,21)18-8-2-3-9-23-13-6-4-5-12(17)11-13/h4-7,10-11,18H,8-9H2,1H3. The fourth-order valence-electron chi connectivity index (χ4n) is 1.75. The highest BCUT2D eigenvalue weighted by molar-refractivity contribution is 9.10. The van der Waals surface area contributed by atoms with Crippen molar-refractivity contribution in [1.82, 2.24) is 4.72 Å². The van der Waals surface area contributed by atoms with Gasteiger partial charge in [-0.2, -0.15) is 4.72 Å². The second kappa shape index (κ2) is 9.01. The van der Waals surface area contributed by atoms with Gasteiger partial charge >= 0.3 is 5.97 Å². The number of benzene rings is 1. The Balaban J connectivity index is 1.89. The van der Waals surface area contributed by atoms with Crippen molar-refractivity contribution in [3.8, 4) is 17.6 Å². The normalized spacial score (nSPS) is 10.6. The number of carbonyl (C=O) groups excluding carboxylic acids is 1. The summed E-state index contributed by atoms with van der Waals surface area (Å²) in [5, 5.41) is 1.51.